The first kappa shape index (κ1) is 17.4. The zero-order chi connectivity index (χ0) is 17.2. The Bertz CT molecular complexity index is 564. The van der Waals surface area contributed by atoms with E-state index in [2.05, 4.69) is 9.88 Å². The Kier molecular flexibility index (Phi) is 4.98. The maximum Gasteiger partial charge on any atom is 0.416 e. The number of rotatable bonds is 3. The normalized spacial score (nSPS) is 26.6. The molecule has 2 aliphatic heterocycles. The summed E-state index contributed by atoms with van der Waals surface area (Å²) in [6.45, 7) is 3.46. The summed E-state index contributed by atoms with van der Waals surface area (Å²) in [4.78, 5) is 7.91. The van der Waals surface area contributed by atoms with Crippen molar-refractivity contribution in [2.75, 3.05) is 50.8 Å². The van der Waals surface area contributed by atoms with Gasteiger partial charge in [-0.25, -0.2) is 4.98 Å². The van der Waals surface area contributed by atoms with Gasteiger partial charge in [-0.1, -0.05) is 0 Å². The number of anilines is 1. The Morgan fingerprint density at radius 1 is 1.25 bits per heavy atom. The van der Waals surface area contributed by atoms with E-state index in [9.17, 15) is 18.3 Å². The van der Waals surface area contributed by atoms with E-state index >= 15 is 0 Å². The van der Waals surface area contributed by atoms with Crippen LogP contribution in [0.25, 0.3) is 0 Å². The summed E-state index contributed by atoms with van der Waals surface area (Å²) in [7, 11) is 0. The van der Waals surface area contributed by atoms with Gasteiger partial charge in [0.15, 0.2) is 0 Å². The fraction of sp³-hybridized carbons (Fsp3) is 0.688. The number of alkyl halides is 3. The first-order chi connectivity index (χ1) is 11.4. The molecule has 24 heavy (non-hydrogen) atoms. The van der Waals surface area contributed by atoms with Crippen LogP contribution in [0.1, 0.15) is 18.4 Å². The molecule has 0 spiro atoms. The van der Waals surface area contributed by atoms with Gasteiger partial charge in [-0.15, -0.1) is 0 Å². The van der Waals surface area contributed by atoms with Gasteiger partial charge in [0.2, 0.25) is 0 Å². The molecule has 1 aromatic heterocycles. The Balaban J connectivity index is 1.77. The molecule has 3 rings (SSSR count). The summed E-state index contributed by atoms with van der Waals surface area (Å²) >= 11 is 0. The highest BCUT2D eigenvalue weighted by Gasteiger charge is 2.36. The van der Waals surface area contributed by atoms with Crippen LogP contribution in [0.15, 0.2) is 18.3 Å². The summed E-state index contributed by atoms with van der Waals surface area (Å²) < 4.78 is 44.2. The van der Waals surface area contributed by atoms with Gasteiger partial charge in [0.05, 0.1) is 25.3 Å². The lowest BCUT2D eigenvalue weighted by molar-refractivity contribution is -0.137. The lowest BCUT2D eigenvalue weighted by Crippen LogP contribution is -2.52. The van der Waals surface area contributed by atoms with E-state index in [0.717, 1.165) is 44.3 Å². The minimum Gasteiger partial charge on any atom is -0.384 e. The first-order valence-electron chi connectivity index (χ1n) is 8.16. The highest BCUT2D eigenvalue weighted by molar-refractivity contribution is 5.42. The van der Waals surface area contributed by atoms with E-state index in [0.29, 0.717) is 19.7 Å². The van der Waals surface area contributed by atoms with Gasteiger partial charge in [0, 0.05) is 19.3 Å². The zero-order valence-electron chi connectivity index (χ0n) is 13.4. The molecule has 2 fully saturated rings. The number of likely N-dealkylation sites (tertiary alicyclic amines) is 1. The number of aromatic nitrogens is 1. The summed E-state index contributed by atoms with van der Waals surface area (Å²) in [5.74, 6) is 0.218. The number of ether oxygens (including phenoxy) is 1. The van der Waals surface area contributed by atoms with Crippen LogP contribution in [0.4, 0.5) is 19.0 Å². The molecular formula is C16H22F3N3O2. The molecule has 0 amide bonds. The molecule has 0 unspecified atom stereocenters. The fourth-order valence-electron chi connectivity index (χ4n) is 3.33. The molecule has 134 valence electrons. The van der Waals surface area contributed by atoms with Crippen LogP contribution in [-0.4, -0.2) is 66.5 Å². The molecule has 2 saturated heterocycles. The quantitative estimate of drug-likeness (QED) is 0.905. The van der Waals surface area contributed by atoms with Gasteiger partial charge in [-0.05, 0) is 38.1 Å². The predicted molar refractivity (Wildman–Crippen MR) is 82.9 cm³/mol. The molecule has 1 N–H and O–H groups in total. The van der Waals surface area contributed by atoms with Crippen LogP contribution < -0.4 is 4.90 Å². The van der Waals surface area contributed by atoms with Crippen molar-refractivity contribution < 1.29 is 23.0 Å². The zero-order valence-corrected chi connectivity index (χ0v) is 13.4. The minimum atomic E-state index is -4.41. The highest BCUT2D eigenvalue weighted by atomic mass is 19.4. The van der Waals surface area contributed by atoms with Gasteiger partial charge < -0.3 is 19.6 Å². The van der Waals surface area contributed by atoms with Crippen LogP contribution in [-0.2, 0) is 10.9 Å². The molecule has 1 aromatic rings. The van der Waals surface area contributed by atoms with E-state index in [4.69, 9.17) is 4.74 Å². The molecule has 0 saturated carbocycles. The fourth-order valence-corrected chi connectivity index (χ4v) is 3.33. The predicted octanol–water partition coefficient (Wildman–Crippen LogP) is 1.76. The van der Waals surface area contributed by atoms with Gasteiger partial charge in [-0.2, -0.15) is 13.2 Å². The second kappa shape index (κ2) is 6.85. The number of hydrogen-bond acceptors (Lipinski definition) is 5. The average Bonchev–Trinajstić information content (AvgIpc) is 2.94. The number of hydrogen-bond donors (Lipinski definition) is 1. The number of halogens is 3. The second-order valence-corrected chi connectivity index (χ2v) is 6.58. The molecule has 3 heterocycles. The van der Waals surface area contributed by atoms with E-state index < -0.39 is 17.3 Å². The van der Waals surface area contributed by atoms with Crippen LogP contribution in [0, 0.1) is 0 Å². The Morgan fingerprint density at radius 2 is 2.00 bits per heavy atom. The topological polar surface area (TPSA) is 48.8 Å². The van der Waals surface area contributed by atoms with Gasteiger partial charge >= 0.3 is 6.18 Å². The third kappa shape index (κ3) is 4.17. The summed E-state index contributed by atoms with van der Waals surface area (Å²) in [6, 6.07) is 1.98. The van der Waals surface area contributed by atoms with Gasteiger partial charge in [0.25, 0.3) is 0 Å². The maximum absolute atomic E-state index is 12.9. The molecule has 8 heteroatoms. The Morgan fingerprint density at radius 3 is 2.71 bits per heavy atom. The SMILES string of the molecule is O[C@]1(CN2CCCC2)COCCN(c2cc(C(F)(F)F)ccn2)C1. The highest BCUT2D eigenvalue weighted by Crippen LogP contribution is 2.31. The number of pyridine rings is 1. The smallest absolute Gasteiger partial charge is 0.384 e. The summed E-state index contributed by atoms with van der Waals surface area (Å²) in [6.07, 6.45) is -1.04. The molecule has 0 aliphatic carbocycles. The van der Waals surface area contributed by atoms with E-state index in [1.165, 1.54) is 0 Å². The second-order valence-electron chi connectivity index (χ2n) is 6.58. The van der Waals surface area contributed by atoms with Crippen molar-refractivity contribution >= 4 is 5.82 Å². The third-order valence-electron chi connectivity index (χ3n) is 4.47. The van der Waals surface area contributed by atoms with Crippen LogP contribution in [0.3, 0.4) is 0 Å². The molecule has 5 nitrogen and oxygen atoms in total. The first-order valence-corrected chi connectivity index (χ1v) is 8.16. The van der Waals surface area contributed by atoms with Crippen LogP contribution in [0.2, 0.25) is 0 Å². The number of β-amino-alcohol motifs (C(OH)–C–C–N with tert-alkyl or cyclic N) is 1. The standard InChI is InChI=1S/C16H22F3N3O2/c17-16(18,19)13-3-4-20-14(9-13)22-7-8-24-12-15(23,11-22)10-21-5-1-2-6-21/h3-4,9,23H,1-2,5-8,10-12H2/t15-/m0/s1. The monoisotopic (exact) mass is 345 g/mol. The molecule has 0 radical (unpaired) electrons. The van der Waals surface area contributed by atoms with Crippen molar-refractivity contribution in [3.63, 3.8) is 0 Å². The molecular weight excluding hydrogens is 323 g/mol. The molecule has 0 bridgehead atoms. The van der Waals surface area contributed by atoms with Crippen molar-refractivity contribution in [2.45, 2.75) is 24.6 Å². The number of nitrogens with zero attached hydrogens (tertiary/aromatic N) is 3. The lowest BCUT2D eigenvalue weighted by Gasteiger charge is -2.34. The minimum absolute atomic E-state index is 0.180. The van der Waals surface area contributed by atoms with Crippen molar-refractivity contribution in [3.05, 3.63) is 23.9 Å². The van der Waals surface area contributed by atoms with Crippen molar-refractivity contribution in [3.8, 4) is 0 Å². The van der Waals surface area contributed by atoms with Crippen molar-refractivity contribution in [2.24, 2.45) is 0 Å². The van der Waals surface area contributed by atoms with E-state index in [1.807, 2.05) is 0 Å². The Labute approximate surface area is 139 Å². The summed E-state index contributed by atoms with van der Waals surface area (Å²) in [5.41, 5.74) is -1.85. The van der Waals surface area contributed by atoms with Crippen molar-refractivity contribution in [1.82, 2.24) is 9.88 Å². The van der Waals surface area contributed by atoms with Crippen molar-refractivity contribution in [1.29, 1.82) is 0 Å². The lowest BCUT2D eigenvalue weighted by atomic mass is 10.0. The van der Waals surface area contributed by atoms with E-state index in [1.54, 1.807) is 4.90 Å². The van der Waals surface area contributed by atoms with Crippen LogP contribution in [0.5, 0.6) is 0 Å². The summed E-state index contributed by atoms with van der Waals surface area (Å²) in [5, 5.41) is 10.9. The van der Waals surface area contributed by atoms with Gasteiger partial charge in [0.1, 0.15) is 11.4 Å². The van der Waals surface area contributed by atoms with Gasteiger partial charge in [-0.3, -0.25) is 0 Å². The maximum atomic E-state index is 12.9. The Hall–Kier alpha value is -1.38. The largest absolute Gasteiger partial charge is 0.416 e. The molecule has 0 aromatic carbocycles. The molecule has 2 aliphatic rings. The van der Waals surface area contributed by atoms with E-state index in [-0.39, 0.29) is 19.0 Å². The average molecular weight is 345 g/mol. The molecule has 1 atom stereocenters. The third-order valence-corrected chi connectivity index (χ3v) is 4.47. The van der Waals surface area contributed by atoms with Crippen LogP contribution >= 0.6 is 0 Å². The number of aliphatic hydroxyl groups is 1.